The van der Waals surface area contributed by atoms with Crippen LogP contribution in [0.1, 0.15) is 42.8 Å². The summed E-state index contributed by atoms with van der Waals surface area (Å²) in [5.41, 5.74) is 1.15. The average molecular weight is 467 g/mol. The third kappa shape index (κ3) is 9.17. The van der Waals surface area contributed by atoms with Gasteiger partial charge in [0.2, 0.25) is 0 Å². The van der Waals surface area contributed by atoms with Crippen molar-refractivity contribution < 1.29 is 0 Å². The first-order valence-electron chi connectivity index (χ1n) is 8.78. The van der Waals surface area contributed by atoms with E-state index in [4.69, 9.17) is 0 Å². The van der Waals surface area contributed by atoms with Crippen molar-refractivity contribution in [2.24, 2.45) is 4.99 Å². The molecule has 0 aromatic carbocycles. The van der Waals surface area contributed by atoms with Crippen LogP contribution >= 0.6 is 35.3 Å². The summed E-state index contributed by atoms with van der Waals surface area (Å²) in [6.07, 6.45) is 2.14. The lowest BCUT2D eigenvalue weighted by molar-refractivity contribution is 0.297. The van der Waals surface area contributed by atoms with Gasteiger partial charge in [-0.3, -0.25) is 4.99 Å². The van der Waals surface area contributed by atoms with Crippen molar-refractivity contribution in [1.82, 2.24) is 20.5 Å². The monoisotopic (exact) mass is 467 g/mol. The second-order valence-electron chi connectivity index (χ2n) is 5.62. The van der Waals surface area contributed by atoms with Gasteiger partial charge in [-0.15, -0.1) is 35.3 Å². The number of halogens is 1. The molecule has 0 fully saturated rings. The lowest BCUT2D eigenvalue weighted by Gasteiger charge is -2.18. The first kappa shape index (κ1) is 23.6. The molecule has 0 aliphatic carbocycles. The minimum atomic E-state index is 0. The highest BCUT2D eigenvalue weighted by Crippen LogP contribution is 2.16. The maximum Gasteiger partial charge on any atom is 0.191 e. The van der Waals surface area contributed by atoms with E-state index in [9.17, 15) is 0 Å². The van der Waals surface area contributed by atoms with Gasteiger partial charge in [0.25, 0.3) is 0 Å². The van der Waals surface area contributed by atoms with E-state index in [1.807, 2.05) is 0 Å². The number of likely N-dealkylation sites (N-methyl/N-ethyl adjacent to an activating group) is 1. The van der Waals surface area contributed by atoms with E-state index >= 15 is 0 Å². The Morgan fingerprint density at radius 2 is 1.92 bits per heavy atom. The number of hydrogen-bond acceptors (Lipinski definition) is 4. The van der Waals surface area contributed by atoms with Gasteiger partial charge in [0.1, 0.15) is 0 Å². The highest BCUT2D eigenvalue weighted by molar-refractivity contribution is 14.0. The summed E-state index contributed by atoms with van der Waals surface area (Å²) in [5, 5.41) is 7.92. The summed E-state index contributed by atoms with van der Waals surface area (Å²) in [7, 11) is 0. The van der Waals surface area contributed by atoms with E-state index in [1.54, 1.807) is 11.3 Å². The van der Waals surface area contributed by atoms with Gasteiger partial charge >= 0.3 is 0 Å². The van der Waals surface area contributed by atoms with Crippen LogP contribution in [0.5, 0.6) is 0 Å². The molecule has 0 aliphatic heterocycles. The lowest BCUT2D eigenvalue weighted by Crippen LogP contribution is -2.39. The first-order chi connectivity index (χ1) is 11.1. The molecule has 24 heavy (non-hydrogen) atoms. The molecule has 7 heteroatoms. The largest absolute Gasteiger partial charge is 0.357 e. The van der Waals surface area contributed by atoms with Gasteiger partial charge < -0.3 is 15.5 Å². The number of aliphatic imine (C=N–C) groups is 1. The van der Waals surface area contributed by atoms with Crippen LogP contribution in [0, 0.1) is 13.8 Å². The third-order valence-electron chi connectivity index (χ3n) is 3.72. The fourth-order valence-corrected chi connectivity index (χ4v) is 3.26. The Balaban J connectivity index is 0.00000529. The zero-order valence-corrected chi connectivity index (χ0v) is 19.0. The second-order valence-corrected chi connectivity index (χ2v) is 6.91. The molecule has 0 unspecified atom stereocenters. The molecule has 1 aromatic rings. The van der Waals surface area contributed by atoms with Gasteiger partial charge in [0, 0.05) is 30.9 Å². The van der Waals surface area contributed by atoms with Crippen molar-refractivity contribution in [3.63, 3.8) is 0 Å². The molecule has 5 nitrogen and oxygen atoms in total. The van der Waals surface area contributed by atoms with Crippen LogP contribution in [0.3, 0.4) is 0 Å². The molecule has 1 rings (SSSR count). The fraction of sp³-hybridized carbons (Fsp3) is 0.765. The van der Waals surface area contributed by atoms with Crippen LogP contribution in [-0.2, 0) is 6.42 Å². The van der Waals surface area contributed by atoms with E-state index in [2.05, 4.69) is 60.1 Å². The summed E-state index contributed by atoms with van der Waals surface area (Å²) in [5.74, 6) is 0.907. The minimum absolute atomic E-state index is 0. The Labute approximate surface area is 168 Å². The lowest BCUT2D eigenvalue weighted by atomic mass is 10.4. The Kier molecular flexibility index (Phi) is 13.6. The highest BCUT2D eigenvalue weighted by Gasteiger charge is 2.04. The van der Waals surface area contributed by atoms with Gasteiger partial charge in [0.05, 0.1) is 17.2 Å². The van der Waals surface area contributed by atoms with Crippen molar-refractivity contribution in [3.05, 3.63) is 15.6 Å². The second kappa shape index (κ2) is 13.8. The van der Waals surface area contributed by atoms with Crippen molar-refractivity contribution in [2.75, 3.05) is 39.3 Å². The fourth-order valence-electron chi connectivity index (χ4n) is 2.32. The Bertz CT molecular complexity index is 456. The van der Waals surface area contributed by atoms with Crippen LogP contribution in [-0.4, -0.2) is 55.1 Å². The molecule has 0 bridgehead atoms. The number of hydrogen-bond donors (Lipinski definition) is 2. The van der Waals surface area contributed by atoms with Crippen molar-refractivity contribution >= 4 is 41.3 Å². The highest BCUT2D eigenvalue weighted by atomic mass is 127. The number of nitrogens with zero attached hydrogens (tertiary/aromatic N) is 3. The smallest absolute Gasteiger partial charge is 0.191 e. The van der Waals surface area contributed by atoms with E-state index in [0.717, 1.165) is 57.3 Å². The van der Waals surface area contributed by atoms with Gasteiger partial charge in [-0.05, 0) is 40.3 Å². The zero-order chi connectivity index (χ0) is 17.1. The molecule has 0 radical (unpaired) electrons. The number of aromatic nitrogens is 1. The van der Waals surface area contributed by atoms with Crippen molar-refractivity contribution in [3.8, 4) is 0 Å². The summed E-state index contributed by atoms with van der Waals surface area (Å²) >= 11 is 1.79. The summed E-state index contributed by atoms with van der Waals surface area (Å²) in [6.45, 7) is 16.6. The van der Waals surface area contributed by atoms with Crippen molar-refractivity contribution in [2.45, 2.75) is 47.5 Å². The van der Waals surface area contributed by atoms with Crippen molar-refractivity contribution in [1.29, 1.82) is 0 Å². The number of guanidine groups is 1. The molecular weight excluding hydrogens is 433 g/mol. The normalized spacial score (nSPS) is 11.5. The standard InChI is InChI=1S/C17H33N5S.HI/c1-6-12-22(8-3)13-11-20-17(18-7-2)19-10-9-16-21-14(4)15(5)23-16;/h6-13H2,1-5H3,(H2,18,19,20);1H. The molecule has 0 saturated heterocycles. The van der Waals surface area contributed by atoms with Gasteiger partial charge in [-0.1, -0.05) is 13.8 Å². The maximum absolute atomic E-state index is 4.67. The average Bonchev–Trinajstić information content (AvgIpc) is 2.84. The van der Waals surface area contributed by atoms with Crippen LogP contribution in [0.2, 0.25) is 0 Å². The zero-order valence-electron chi connectivity index (χ0n) is 15.8. The number of nitrogens with one attached hydrogen (secondary N) is 2. The number of aryl methyl sites for hydroxylation is 2. The molecule has 0 spiro atoms. The molecule has 0 aliphatic rings. The van der Waals surface area contributed by atoms with E-state index in [1.165, 1.54) is 16.3 Å². The topological polar surface area (TPSA) is 52.5 Å². The Morgan fingerprint density at radius 3 is 2.46 bits per heavy atom. The number of thiazole rings is 1. The van der Waals surface area contributed by atoms with Gasteiger partial charge in [-0.2, -0.15) is 0 Å². The third-order valence-corrected chi connectivity index (χ3v) is 4.85. The van der Waals surface area contributed by atoms with Crippen LogP contribution < -0.4 is 10.6 Å². The minimum Gasteiger partial charge on any atom is -0.357 e. The number of rotatable bonds is 10. The molecule has 0 atom stereocenters. The molecule has 2 N–H and O–H groups in total. The molecule has 1 aromatic heterocycles. The van der Waals surface area contributed by atoms with Gasteiger partial charge in [0.15, 0.2) is 5.96 Å². The van der Waals surface area contributed by atoms with Crippen LogP contribution in [0.4, 0.5) is 0 Å². The van der Waals surface area contributed by atoms with Crippen LogP contribution in [0.15, 0.2) is 4.99 Å². The summed E-state index contributed by atoms with van der Waals surface area (Å²) in [4.78, 5) is 13.0. The van der Waals surface area contributed by atoms with E-state index in [0.29, 0.717) is 0 Å². The summed E-state index contributed by atoms with van der Waals surface area (Å²) in [6, 6.07) is 0. The van der Waals surface area contributed by atoms with E-state index in [-0.39, 0.29) is 24.0 Å². The maximum atomic E-state index is 4.67. The first-order valence-corrected chi connectivity index (χ1v) is 9.59. The molecule has 0 saturated carbocycles. The van der Waals surface area contributed by atoms with E-state index < -0.39 is 0 Å². The SMILES string of the molecule is CCCN(CC)CCN=C(NCC)NCCc1nc(C)c(C)s1.I. The van der Waals surface area contributed by atoms with Gasteiger partial charge in [-0.25, -0.2) is 4.98 Å². The van der Waals surface area contributed by atoms with Crippen LogP contribution in [0.25, 0.3) is 0 Å². The summed E-state index contributed by atoms with van der Waals surface area (Å²) < 4.78 is 0. The Hall–Kier alpha value is -0.410. The molecule has 140 valence electrons. The predicted octanol–water partition coefficient (Wildman–Crippen LogP) is 3.21. The molecular formula is C17H34IN5S. The quantitative estimate of drug-likeness (QED) is 0.315. The Morgan fingerprint density at radius 1 is 1.17 bits per heavy atom. The molecule has 1 heterocycles. The molecule has 0 amide bonds. The predicted molar refractivity (Wildman–Crippen MR) is 117 cm³/mol.